The minimum atomic E-state index is 0.900. The molecule has 0 unspecified atom stereocenters. The molecule has 0 aliphatic heterocycles. The van der Waals surface area contributed by atoms with Gasteiger partial charge in [0.2, 0.25) is 0 Å². The summed E-state index contributed by atoms with van der Waals surface area (Å²) in [5, 5.41) is 5.61. The van der Waals surface area contributed by atoms with Gasteiger partial charge in [-0.2, -0.15) is 0 Å². The zero-order chi connectivity index (χ0) is 27.1. The van der Waals surface area contributed by atoms with Crippen molar-refractivity contribution in [2.24, 2.45) is 0 Å². The van der Waals surface area contributed by atoms with Crippen LogP contribution < -0.4 is 4.74 Å². The van der Waals surface area contributed by atoms with Crippen LogP contribution in [0.4, 0.5) is 0 Å². The predicted molar refractivity (Wildman–Crippen MR) is 184 cm³/mol. The molecule has 0 aliphatic carbocycles. The molecule has 0 spiro atoms. The van der Waals surface area contributed by atoms with Crippen LogP contribution in [0.15, 0.2) is 60.7 Å². The molecule has 4 aromatic heterocycles. The first kappa shape index (κ1) is 26.5. The fraction of sp³-hybridized carbons (Fsp3) is 0.314. The van der Waals surface area contributed by atoms with Gasteiger partial charge in [0.15, 0.2) is 0 Å². The Labute approximate surface area is 252 Å². The molecule has 1 nitrogen and oxygen atoms in total. The third-order valence-corrected chi connectivity index (χ3v) is 12.9. The van der Waals surface area contributed by atoms with Crippen molar-refractivity contribution in [1.82, 2.24) is 0 Å². The molecule has 0 saturated carbocycles. The van der Waals surface area contributed by atoms with E-state index in [-0.39, 0.29) is 0 Å². The summed E-state index contributed by atoms with van der Waals surface area (Å²) in [4.78, 5) is 2.87. The number of benzene rings is 3. The van der Waals surface area contributed by atoms with E-state index in [1.165, 1.54) is 118 Å². The third-order valence-electron chi connectivity index (χ3n) is 8.06. The molecule has 7 rings (SSSR count). The van der Waals surface area contributed by atoms with Crippen LogP contribution in [0.25, 0.3) is 60.2 Å². The van der Waals surface area contributed by atoms with Crippen molar-refractivity contribution in [3.8, 4) is 16.2 Å². The van der Waals surface area contributed by atoms with E-state index in [0.717, 1.165) is 5.75 Å². The summed E-state index contributed by atoms with van der Waals surface area (Å²) < 4.78 is 13.9. The van der Waals surface area contributed by atoms with E-state index < -0.39 is 0 Å². The lowest BCUT2D eigenvalue weighted by Gasteiger charge is -2.00. The van der Waals surface area contributed by atoms with Crippen LogP contribution >= 0.6 is 45.3 Å². The number of aryl methyl sites for hydroxylation is 1. The Morgan fingerprint density at radius 1 is 0.575 bits per heavy atom. The second-order valence-electron chi connectivity index (χ2n) is 10.9. The minimum absolute atomic E-state index is 0.900. The smallest absolute Gasteiger partial charge is 0.118 e. The lowest BCUT2D eigenvalue weighted by atomic mass is 10.1. The highest BCUT2D eigenvalue weighted by molar-refractivity contribution is 7.37. The number of methoxy groups -OCH3 is 1. The zero-order valence-corrected chi connectivity index (χ0v) is 26.4. The highest BCUT2D eigenvalue weighted by Gasteiger charge is 2.16. The van der Waals surface area contributed by atoms with E-state index >= 15 is 0 Å². The van der Waals surface area contributed by atoms with E-state index in [9.17, 15) is 0 Å². The van der Waals surface area contributed by atoms with E-state index in [4.69, 9.17) is 4.74 Å². The van der Waals surface area contributed by atoms with Gasteiger partial charge in [0.25, 0.3) is 0 Å². The lowest BCUT2D eigenvalue weighted by Crippen LogP contribution is -1.83. The standard InChI is InChI=1S/C35H34OS4/c1-3-4-5-6-7-8-9-10-11-26-16-23-17-27-32(20-30(23)37-26)39-35-28-18-24-19-29(22-12-14-25(36-2)15-13-22)38-31(24)21-33(28)40-34(27)35/h12-21H,3-11H2,1-2H3. The molecule has 7 aromatic rings. The normalized spacial score (nSPS) is 12.2. The van der Waals surface area contributed by atoms with Gasteiger partial charge in [-0.05, 0) is 89.8 Å². The van der Waals surface area contributed by atoms with Gasteiger partial charge in [0.05, 0.1) is 16.5 Å². The lowest BCUT2D eigenvalue weighted by molar-refractivity contribution is 0.415. The van der Waals surface area contributed by atoms with Crippen molar-refractivity contribution in [1.29, 1.82) is 0 Å². The van der Waals surface area contributed by atoms with E-state index in [2.05, 4.69) is 55.5 Å². The molecule has 5 heteroatoms. The van der Waals surface area contributed by atoms with Gasteiger partial charge in [0, 0.05) is 39.3 Å². The van der Waals surface area contributed by atoms with Gasteiger partial charge in [0.1, 0.15) is 5.75 Å². The molecule has 0 atom stereocenters. The summed E-state index contributed by atoms with van der Waals surface area (Å²) in [6.07, 6.45) is 12.3. The average Bonchev–Trinajstić information content (AvgIpc) is 3.73. The molecule has 0 aliphatic rings. The first-order valence-corrected chi connectivity index (χ1v) is 17.9. The van der Waals surface area contributed by atoms with Crippen LogP contribution in [0.5, 0.6) is 5.75 Å². The maximum atomic E-state index is 5.34. The van der Waals surface area contributed by atoms with Gasteiger partial charge in [-0.1, -0.05) is 51.9 Å². The van der Waals surface area contributed by atoms with Crippen molar-refractivity contribution in [3.63, 3.8) is 0 Å². The number of thiophene rings is 4. The van der Waals surface area contributed by atoms with Crippen LogP contribution in [0.2, 0.25) is 0 Å². The van der Waals surface area contributed by atoms with Gasteiger partial charge in [-0.25, -0.2) is 0 Å². The second-order valence-corrected chi connectivity index (χ2v) is 15.3. The Hall–Kier alpha value is -2.44. The first-order chi connectivity index (χ1) is 19.7. The molecule has 0 amide bonds. The van der Waals surface area contributed by atoms with Crippen molar-refractivity contribution >= 4 is 95.1 Å². The summed E-state index contributed by atoms with van der Waals surface area (Å²) >= 11 is 7.84. The molecule has 40 heavy (non-hydrogen) atoms. The monoisotopic (exact) mass is 598 g/mol. The molecule has 4 heterocycles. The Balaban J connectivity index is 1.14. The Morgan fingerprint density at radius 2 is 1.18 bits per heavy atom. The van der Waals surface area contributed by atoms with Gasteiger partial charge < -0.3 is 4.74 Å². The molecule has 3 aromatic carbocycles. The number of fused-ring (bicyclic) bond motifs is 7. The average molecular weight is 599 g/mol. The molecule has 0 N–H and O–H groups in total. The molecule has 204 valence electrons. The molecule has 0 radical (unpaired) electrons. The van der Waals surface area contributed by atoms with E-state index in [0.29, 0.717) is 0 Å². The largest absolute Gasteiger partial charge is 0.497 e. The van der Waals surface area contributed by atoms with Crippen molar-refractivity contribution in [2.45, 2.75) is 64.7 Å². The molecular weight excluding hydrogens is 565 g/mol. The highest BCUT2D eigenvalue weighted by Crippen LogP contribution is 2.48. The molecular formula is C35H34OS4. The second kappa shape index (κ2) is 11.4. The number of ether oxygens (including phenoxy) is 1. The van der Waals surface area contributed by atoms with Gasteiger partial charge in [-0.3, -0.25) is 0 Å². The highest BCUT2D eigenvalue weighted by atomic mass is 32.1. The minimum Gasteiger partial charge on any atom is -0.497 e. The maximum Gasteiger partial charge on any atom is 0.118 e. The zero-order valence-electron chi connectivity index (χ0n) is 23.2. The first-order valence-electron chi connectivity index (χ1n) is 14.6. The maximum absolute atomic E-state index is 5.34. The Bertz CT molecular complexity index is 1930. The SMILES string of the molecule is CCCCCCCCCCc1cc2cc3c(cc2s1)sc1c2cc4cc(-c5ccc(OC)cc5)sc4cc2sc31. The fourth-order valence-corrected chi connectivity index (χ4v) is 10.9. The summed E-state index contributed by atoms with van der Waals surface area (Å²) in [5.41, 5.74) is 1.25. The van der Waals surface area contributed by atoms with E-state index in [1.807, 2.05) is 57.5 Å². The van der Waals surface area contributed by atoms with Crippen LogP contribution in [-0.2, 0) is 6.42 Å². The number of hydrogen-bond acceptors (Lipinski definition) is 5. The summed E-state index contributed by atoms with van der Waals surface area (Å²) in [5.74, 6) is 0.900. The number of rotatable bonds is 11. The van der Waals surface area contributed by atoms with Crippen LogP contribution in [0.1, 0.15) is 63.2 Å². The predicted octanol–water partition coefficient (Wildman–Crippen LogP) is 13.1. The van der Waals surface area contributed by atoms with Gasteiger partial charge >= 0.3 is 0 Å². The fourth-order valence-electron chi connectivity index (χ4n) is 5.84. The van der Waals surface area contributed by atoms with E-state index in [1.54, 1.807) is 12.0 Å². The molecule has 0 saturated heterocycles. The Morgan fingerprint density at radius 3 is 1.82 bits per heavy atom. The van der Waals surface area contributed by atoms with Crippen LogP contribution in [0.3, 0.4) is 0 Å². The quantitative estimate of drug-likeness (QED) is 0.135. The number of unbranched alkanes of at least 4 members (excludes halogenated alkanes) is 7. The Kier molecular flexibility index (Phi) is 7.57. The van der Waals surface area contributed by atoms with Crippen LogP contribution in [0, 0.1) is 0 Å². The number of hydrogen-bond donors (Lipinski definition) is 0. The van der Waals surface area contributed by atoms with Crippen molar-refractivity contribution in [2.75, 3.05) is 7.11 Å². The van der Waals surface area contributed by atoms with Crippen molar-refractivity contribution in [3.05, 3.63) is 65.5 Å². The van der Waals surface area contributed by atoms with Gasteiger partial charge in [-0.15, -0.1) is 45.3 Å². The molecule has 0 fully saturated rings. The summed E-state index contributed by atoms with van der Waals surface area (Å²) in [6, 6.07) is 23.0. The summed E-state index contributed by atoms with van der Waals surface area (Å²) in [7, 11) is 1.72. The molecule has 0 bridgehead atoms. The van der Waals surface area contributed by atoms with Crippen LogP contribution in [-0.4, -0.2) is 7.11 Å². The summed E-state index contributed by atoms with van der Waals surface area (Å²) in [6.45, 7) is 2.29. The van der Waals surface area contributed by atoms with Crippen molar-refractivity contribution < 1.29 is 4.74 Å². The topological polar surface area (TPSA) is 9.23 Å². The third kappa shape index (κ3) is 5.07.